The normalized spacial score (nSPS) is 13.1. The Morgan fingerprint density at radius 1 is 1.19 bits per heavy atom. The molecule has 0 saturated carbocycles. The van der Waals surface area contributed by atoms with Gasteiger partial charge in [-0.05, 0) is 63.9 Å². The summed E-state index contributed by atoms with van der Waals surface area (Å²) in [6, 6.07) is 6.39. The predicted octanol–water partition coefficient (Wildman–Crippen LogP) is 4.30. The Labute approximate surface area is 129 Å². The average molecular weight is 294 g/mol. The SMILES string of the molecule is CCCN(CCC(NCC)c1ccc(C)c(F)c1)C(C)C. The highest BCUT2D eigenvalue weighted by atomic mass is 19.1. The van der Waals surface area contributed by atoms with Crippen molar-refractivity contribution in [1.29, 1.82) is 0 Å². The highest BCUT2D eigenvalue weighted by Crippen LogP contribution is 2.20. The van der Waals surface area contributed by atoms with Gasteiger partial charge in [-0.15, -0.1) is 0 Å². The van der Waals surface area contributed by atoms with Gasteiger partial charge in [-0.25, -0.2) is 4.39 Å². The zero-order valence-corrected chi connectivity index (χ0v) is 14.2. The Kier molecular flexibility index (Phi) is 7.91. The van der Waals surface area contributed by atoms with Crippen LogP contribution < -0.4 is 5.32 Å². The number of benzene rings is 1. The van der Waals surface area contributed by atoms with Crippen molar-refractivity contribution in [2.45, 2.75) is 59.5 Å². The van der Waals surface area contributed by atoms with Crippen molar-refractivity contribution in [1.82, 2.24) is 10.2 Å². The van der Waals surface area contributed by atoms with Gasteiger partial charge >= 0.3 is 0 Å². The molecular weight excluding hydrogens is 263 g/mol. The molecule has 1 aromatic carbocycles. The number of hydrogen-bond acceptors (Lipinski definition) is 2. The monoisotopic (exact) mass is 294 g/mol. The van der Waals surface area contributed by atoms with E-state index in [1.165, 1.54) is 6.42 Å². The Bertz CT molecular complexity index is 418. The Balaban J connectivity index is 2.74. The first-order valence-corrected chi connectivity index (χ1v) is 8.23. The Hall–Kier alpha value is -0.930. The lowest BCUT2D eigenvalue weighted by Crippen LogP contribution is -2.35. The van der Waals surface area contributed by atoms with Crippen LogP contribution in [0.3, 0.4) is 0 Å². The number of nitrogens with zero attached hydrogens (tertiary/aromatic N) is 1. The van der Waals surface area contributed by atoms with E-state index in [4.69, 9.17) is 0 Å². The van der Waals surface area contributed by atoms with E-state index in [1.807, 2.05) is 19.1 Å². The lowest BCUT2D eigenvalue weighted by molar-refractivity contribution is 0.210. The van der Waals surface area contributed by atoms with Crippen molar-refractivity contribution in [3.63, 3.8) is 0 Å². The first-order valence-electron chi connectivity index (χ1n) is 8.23. The Morgan fingerprint density at radius 3 is 2.43 bits per heavy atom. The second-order valence-corrected chi connectivity index (χ2v) is 6.04. The first-order chi connectivity index (χ1) is 9.99. The molecule has 1 unspecified atom stereocenters. The van der Waals surface area contributed by atoms with E-state index in [-0.39, 0.29) is 11.9 Å². The van der Waals surface area contributed by atoms with Crippen molar-refractivity contribution in [3.8, 4) is 0 Å². The van der Waals surface area contributed by atoms with Crippen LogP contribution in [0.5, 0.6) is 0 Å². The summed E-state index contributed by atoms with van der Waals surface area (Å²) in [7, 11) is 0. The fourth-order valence-corrected chi connectivity index (χ4v) is 2.67. The molecule has 0 amide bonds. The minimum absolute atomic E-state index is 0.107. The molecule has 0 fully saturated rings. The third-order valence-electron chi connectivity index (χ3n) is 3.99. The highest BCUT2D eigenvalue weighted by Gasteiger charge is 2.15. The third kappa shape index (κ3) is 5.76. The van der Waals surface area contributed by atoms with Crippen LogP contribution in [0.2, 0.25) is 0 Å². The van der Waals surface area contributed by atoms with E-state index >= 15 is 0 Å². The maximum absolute atomic E-state index is 13.8. The largest absolute Gasteiger partial charge is 0.310 e. The smallest absolute Gasteiger partial charge is 0.126 e. The quantitative estimate of drug-likeness (QED) is 0.730. The molecule has 3 heteroatoms. The molecule has 0 heterocycles. The van der Waals surface area contributed by atoms with Gasteiger partial charge in [-0.3, -0.25) is 0 Å². The van der Waals surface area contributed by atoms with E-state index in [0.29, 0.717) is 11.6 Å². The molecule has 0 aromatic heterocycles. The fraction of sp³-hybridized carbons (Fsp3) is 0.667. The van der Waals surface area contributed by atoms with Gasteiger partial charge in [0.1, 0.15) is 5.82 Å². The Morgan fingerprint density at radius 2 is 1.90 bits per heavy atom. The van der Waals surface area contributed by atoms with Crippen LogP contribution in [-0.2, 0) is 0 Å². The van der Waals surface area contributed by atoms with E-state index in [2.05, 4.69) is 37.9 Å². The lowest BCUT2D eigenvalue weighted by atomic mass is 10.0. The molecule has 0 aliphatic rings. The van der Waals surface area contributed by atoms with Crippen molar-refractivity contribution in [3.05, 3.63) is 35.1 Å². The number of hydrogen-bond donors (Lipinski definition) is 1. The zero-order valence-electron chi connectivity index (χ0n) is 14.2. The van der Waals surface area contributed by atoms with Crippen LogP contribution in [0.15, 0.2) is 18.2 Å². The summed E-state index contributed by atoms with van der Waals surface area (Å²) in [6.45, 7) is 13.7. The molecule has 1 aromatic rings. The first kappa shape index (κ1) is 18.1. The van der Waals surface area contributed by atoms with Gasteiger partial charge in [0.15, 0.2) is 0 Å². The summed E-state index contributed by atoms with van der Waals surface area (Å²) in [4.78, 5) is 2.49. The van der Waals surface area contributed by atoms with Gasteiger partial charge in [0.2, 0.25) is 0 Å². The second-order valence-electron chi connectivity index (χ2n) is 6.04. The number of halogens is 1. The second kappa shape index (κ2) is 9.16. The average Bonchev–Trinajstić information content (AvgIpc) is 2.44. The van der Waals surface area contributed by atoms with E-state index in [0.717, 1.165) is 31.6 Å². The molecule has 2 nitrogen and oxygen atoms in total. The van der Waals surface area contributed by atoms with Gasteiger partial charge in [0.05, 0.1) is 0 Å². The minimum Gasteiger partial charge on any atom is -0.310 e. The molecule has 0 radical (unpaired) electrons. The minimum atomic E-state index is -0.107. The van der Waals surface area contributed by atoms with Crippen LogP contribution in [-0.4, -0.2) is 30.6 Å². The summed E-state index contributed by atoms with van der Waals surface area (Å²) >= 11 is 0. The van der Waals surface area contributed by atoms with Crippen molar-refractivity contribution in [2.24, 2.45) is 0 Å². The molecule has 21 heavy (non-hydrogen) atoms. The van der Waals surface area contributed by atoms with E-state index in [9.17, 15) is 4.39 Å². The molecule has 0 aliphatic heterocycles. The molecular formula is C18H31FN2. The molecule has 120 valence electrons. The molecule has 0 aliphatic carbocycles. The van der Waals surface area contributed by atoms with Crippen molar-refractivity contribution >= 4 is 0 Å². The van der Waals surface area contributed by atoms with Crippen LogP contribution >= 0.6 is 0 Å². The highest BCUT2D eigenvalue weighted by molar-refractivity contribution is 5.25. The summed E-state index contributed by atoms with van der Waals surface area (Å²) in [5.74, 6) is -0.107. The van der Waals surface area contributed by atoms with Gasteiger partial charge in [0.25, 0.3) is 0 Å². The van der Waals surface area contributed by atoms with Crippen LogP contribution in [0.1, 0.15) is 57.7 Å². The summed E-state index contributed by atoms with van der Waals surface area (Å²) < 4.78 is 13.8. The maximum atomic E-state index is 13.8. The van der Waals surface area contributed by atoms with Crippen LogP contribution in [0.4, 0.5) is 4.39 Å². The summed E-state index contributed by atoms with van der Waals surface area (Å²) in [5, 5.41) is 3.49. The lowest BCUT2D eigenvalue weighted by Gasteiger charge is -2.28. The van der Waals surface area contributed by atoms with Gasteiger partial charge < -0.3 is 10.2 Å². The topological polar surface area (TPSA) is 15.3 Å². The van der Waals surface area contributed by atoms with Gasteiger partial charge in [0, 0.05) is 18.6 Å². The number of nitrogens with one attached hydrogen (secondary N) is 1. The van der Waals surface area contributed by atoms with E-state index in [1.54, 1.807) is 6.07 Å². The number of rotatable bonds is 9. The third-order valence-corrected chi connectivity index (χ3v) is 3.99. The molecule has 1 rings (SSSR count). The molecule has 0 spiro atoms. The summed E-state index contributed by atoms with van der Waals surface area (Å²) in [6.07, 6.45) is 2.18. The predicted molar refractivity (Wildman–Crippen MR) is 89.2 cm³/mol. The van der Waals surface area contributed by atoms with Gasteiger partial charge in [-0.1, -0.05) is 26.0 Å². The van der Waals surface area contributed by atoms with Gasteiger partial charge in [-0.2, -0.15) is 0 Å². The van der Waals surface area contributed by atoms with Crippen molar-refractivity contribution < 1.29 is 4.39 Å². The summed E-state index contributed by atoms with van der Waals surface area (Å²) in [5.41, 5.74) is 1.77. The standard InChI is InChI=1S/C18H31FN2/c1-6-11-21(14(3)4)12-10-18(20-7-2)16-9-8-15(5)17(19)13-16/h8-9,13-14,18,20H,6-7,10-12H2,1-5H3. The van der Waals surface area contributed by atoms with Crippen molar-refractivity contribution in [2.75, 3.05) is 19.6 Å². The molecule has 1 atom stereocenters. The number of aryl methyl sites for hydroxylation is 1. The fourth-order valence-electron chi connectivity index (χ4n) is 2.67. The maximum Gasteiger partial charge on any atom is 0.126 e. The van der Waals surface area contributed by atoms with Crippen LogP contribution in [0, 0.1) is 12.7 Å². The van der Waals surface area contributed by atoms with E-state index < -0.39 is 0 Å². The molecule has 1 N–H and O–H groups in total. The van der Waals surface area contributed by atoms with Crippen LogP contribution in [0.25, 0.3) is 0 Å². The molecule has 0 bridgehead atoms. The zero-order chi connectivity index (χ0) is 15.8. The molecule has 0 saturated heterocycles.